The van der Waals surface area contributed by atoms with E-state index in [1.165, 1.54) is 6.07 Å². The van der Waals surface area contributed by atoms with Gasteiger partial charge in [0, 0.05) is 10.9 Å². The van der Waals surface area contributed by atoms with Gasteiger partial charge in [-0.2, -0.15) is 5.10 Å². The van der Waals surface area contributed by atoms with Crippen molar-refractivity contribution in [3.63, 3.8) is 0 Å². The lowest BCUT2D eigenvalue weighted by atomic mass is 9.98. The predicted octanol–water partition coefficient (Wildman–Crippen LogP) is 5.95. The van der Waals surface area contributed by atoms with Crippen LogP contribution in [0, 0.1) is 5.82 Å². The average molecular weight is 425 g/mol. The van der Waals surface area contributed by atoms with Crippen molar-refractivity contribution in [1.29, 1.82) is 0 Å². The summed E-state index contributed by atoms with van der Waals surface area (Å²) in [5.74, 6) is 0.514. The van der Waals surface area contributed by atoms with E-state index < -0.39 is 0 Å². The number of nitrogens with zero attached hydrogens (tertiary/aromatic N) is 2. The van der Waals surface area contributed by atoms with Crippen LogP contribution in [0.25, 0.3) is 0 Å². The summed E-state index contributed by atoms with van der Waals surface area (Å²) in [6.45, 7) is 0. The molecule has 3 aromatic rings. The number of anilines is 1. The zero-order chi connectivity index (χ0) is 18.8. The van der Waals surface area contributed by atoms with Crippen molar-refractivity contribution in [1.82, 2.24) is 0 Å². The summed E-state index contributed by atoms with van der Waals surface area (Å²) in [5.41, 5.74) is 3.52. The van der Waals surface area contributed by atoms with Crippen LogP contribution in [0.3, 0.4) is 0 Å². The first-order valence-electron chi connectivity index (χ1n) is 8.67. The van der Waals surface area contributed by atoms with Gasteiger partial charge >= 0.3 is 0 Å². The Balaban J connectivity index is 1.75. The molecule has 1 aliphatic heterocycles. The van der Waals surface area contributed by atoms with E-state index in [1.807, 2.05) is 54.6 Å². The molecule has 1 atom stereocenters. The second kappa shape index (κ2) is 7.53. The molecule has 5 heteroatoms. The molecule has 1 unspecified atom stereocenters. The molecule has 0 aliphatic carbocycles. The molecule has 0 spiro atoms. The van der Waals surface area contributed by atoms with Crippen LogP contribution in [0.15, 0.2) is 82.4 Å². The number of halogens is 2. The van der Waals surface area contributed by atoms with Crippen LogP contribution in [0.4, 0.5) is 10.1 Å². The van der Waals surface area contributed by atoms with Crippen LogP contribution >= 0.6 is 15.9 Å². The Morgan fingerprint density at radius 1 is 1.00 bits per heavy atom. The predicted molar refractivity (Wildman–Crippen MR) is 110 cm³/mol. The van der Waals surface area contributed by atoms with E-state index in [9.17, 15) is 4.39 Å². The smallest absolute Gasteiger partial charge is 0.148 e. The molecule has 0 saturated heterocycles. The van der Waals surface area contributed by atoms with Crippen LogP contribution in [0.1, 0.15) is 23.6 Å². The fourth-order valence-electron chi connectivity index (χ4n) is 3.27. The number of hydrogen-bond donors (Lipinski definition) is 0. The molecule has 3 aromatic carbocycles. The maximum absolute atomic E-state index is 14.5. The lowest BCUT2D eigenvalue weighted by Crippen LogP contribution is -2.19. The van der Waals surface area contributed by atoms with E-state index in [1.54, 1.807) is 24.3 Å². The fourth-order valence-corrected chi connectivity index (χ4v) is 3.54. The fraction of sp³-hybridized carbons (Fsp3) is 0.136. The van der Waals surface area contributed by atoms with Gasteiger partial charge < -0.3 is 4.74 Å². The summed E-state index contributed by atoms with van der Waals surface area (Å²) in [5, 5.41) is 6.57. The number of ether oxygens (including phenoxy) is 1. The summed E-state index contributed by atoms with van der Waals surface area (Å²) in [6.07, 6.45) is 0.697. The topological polar surface area (TPSA) is 24.8 Å². The maximum Gasteiger partial charge on any atom is 0.148 e. The van der Waals surface area contributed by atoms with Gasteiger partial charge in [-0.15, -0.1) is 0 Å². The van der Waals surface area contributed by atoms with E-state index in [0.717, 1.165) is 27.1 Å². The SMILES string of the molecule is COc1ccc(C2CC(c3ccc(Br)cc3)=NN2c2ccccc2F)cc1. The van der Waals surface area contributed by atoms with Crippen molar-refractivity contribution in [3.05, 3.63) is 94.2 Å². The first-order valence-corrected chi connectivity index (χ1v) is 9.46. The highest BCUT2D eigenvalue weighted by Gasteiger charge is 2.31. The molecule has 27 heavy (non-hydrogen) atoms. The van der Waals surface area contributed by atoms with Gasteiger partial charge in [0.25, 0.3) is 0 Å². The van der Waals surface area contributed by atoms with Crippen molar-refractivity contribution in [2.24, 2.45) is 5.10 Å². The van der Waals surface area contributed by atoms with E-state index in [4.69, 9.17) is 9.84 Å². The molecule has 136 valence electrons. The van der Waals surface area contributed by atoms with Gasteiger partial charge in [-0.25, -0.2) is 4.39 Å². The Bertz CT molecular complexity index is 970. The standard InChI is InChI=1S/C22H18BrFN2O/c1-27-18-12-8-16(9-13-18)22-14-20(15-6-10-17(23)11-7-15)25-26(22)21-5-3-2-4-19(21)24/h2-13,22H,14H2,1H3. The van der Waals surface area contributed by atoms with Crippen molar-refractivity contribution in [3.8, 4) is 5.75 Å². The Morgan fingerprint density at radius 3 is 2.37 bits per heavy atom. The van der Waals surface area contributed by atoms with Gasteiger partial charge in [0.15, 0.2) is 0 Å². The van der Waals surface area contributed by atoms with E-state index in [2.05, 4.69) is 15.9 Å². The van der Waals surface area contributed by atoms with Crippen LogP contribution in [-0.4, -0.2) is 12.8 Å². The average Bonchev–Trinajstić information content (AvgIpc) is 3.14. The number of para-hydroxylation sites is 1. The quantitative estimate of drug-likeness (QED) is 0.516. The first-order chi connectivity index (χ1) is 13.2. The molecule has 0 aromatic heterocycles. The molecule has 3 nitrogen and oxygen atoms in total. The number of rotatable bonds is 4. The van der Waals surface area contributed by atoms with Crippen LogP contribution in [-0.2, 0) is 0 Å². The van der Waals surface area contributed by atoms with Gasteiger partial charge in [0.1, 0.15) is 11.6 Å². The first kappa shape index (κ1) is 17.7. The zero-order valence-electron chi connectivity index (χ0n) is 14.8. The summed E-state index contributed by atoms with van der Waals surface area (Å²) < 4.78 is 20.8. The Morgan fingerprint density at radius 2 is 1.70 bits per heavy atom. The second-order valence-corrected chi connectivity index (χ2v) is 7.26. The van der Waals surface area contributed by atoms with Crippen LogP contribution in [0.2, 0.25) is 0 Å². The summed E-state index contributed by atoms with van der Waals surface area (Å²) in [6, 6.07) is 22.6. The minimum absolute atomic E-state index is 0.0774. The van der Waals surface area contributed by atoms with E-state index in [0.29, 0.717) is 12.1 Å². The lowest BCUT2D eigenvalue weighted by Gasteiger charge is -2.24. The van der Waals surface area contributed by atoms with E-state index in [-0.39, 0.29) is 11.9 Å². The highest BCUT2D eigenvalue weighted by molar-refractivity contribution is 9.10. The largest absolute Gasteiger partial charge is 0.497 e. The van der Waals surface area contributed by atoms with Crippen molar-refractivity contribution in [2.75, 3.05) is 12.1 Å². The third-order valence-corrected chi connectivity index (χ3v) is 5.22. The molecule has 4 rings (SSSR count). The van der Waals surface area contributed by atoms with Crippen molar-refractivity contribution < 1.29 is 9.13 Å². The van der Waals surface area contributed by atoms with Gasteiger partial charge in [-0.1, -0.05) is 52.3 Å². The monoisotopic (exact) mass is 424 g/mol. The molecule has 0 fully saturated rings. The highest BCUT2D eigenvalue weighted by Crippen LogP contribution is 2.38. The second-order valence-electron chi connectivity index (χ2n) is 6.34. The Kier molecular flexibility index (Phi) is 4.94. The molecule has 1 aliphatic rings. The Labute approximate surface area is 166 Å². The summed E-state index contributed by atoms with van der Waals surface area (Å²) in [7, 11) is 1.64. The van der Waals surface area contributed by atoms with Gasteiger partial charge in [0.05, 0.1) is 24.6 Å². The van der Waals surface area contributed by atoms with Gasteiger partial charge in [-0.05, 0) is 47.5 Å². The van der Waals surface area contributed by atoms with Gasteiger partial charge in [0.2, 0.25) is 0 Å². The number of hydrogen-bond acceptors (Lipinski definition) is 3. The molecular formula is C22H18BrFN2O. The normalized spacial score (nSPS) is 16.3. The molecular weight excluding hydrogens is 407 g/mol. The Hall–Kier alpha value is -2.66. The number of methoxy groups -OCH3 is 1. The summed E-state index contributed by atoms with van der Waals surface area (Å²) >= 11 is 3.46. The highest BCUT2D eigenvalue weighted by atomic mass is 79.9. The minimum atomic E-state index is -0.281. The zero-order valence-corrected chi connectivity index (χ0v) is 16.4. The van der Waals surface area contributed by atoms with Crippen LogP contribution < -0.4 is 9.75 Å². The molecule has 0 N–H and O–H groups in total. The minimum Gasteiger partial charge on any atom is -0.497 e. The number of hydrazone groups is 1. The van der Waals surface area contributed by atoms with Gasteiger partial charge in [-0.3, -0.25) is 5.01 Å². The van der Waals surface area contributed by atoms with Crippen molar-refractivity contribution in [2.45, 2.75) is 12.5 Å². The molecule has 0 amide bonds. The summed E-state index contributed by atoms with van der Waals surface area (Å²) in [4.78, 5) is 0. The molecule has 0 bridgehead atoms. The molecule has 0 saturated carbocycles. The van der Waals surface area contributed by atoms with Crippen molar-refractivity contribution >= 4 is 27.3 Å². The molecule has 1 heterocycles. The third kappa shape index (κ3) is 3.60. The number of benzene rings is 3. The lowest BCUT2D eigenvalue weighted by molar-refractivity contribution is 0.414. The van der Waals surface area contributed by atoms with E-state index >= 15 is 0 Å². The third-order valence-electron chi connectivity index (χ3n) is 4.69. The van der Waals surface area contributed by atoms with Crippen LogP contribution in [0.5, 0.6) is 5.75 Å². The molecule has 0 radical (unpaired) electrons. The maximum atomic E-state index is 14.5.